The summed E-state index contributed by atoms with van der Waals surface area (Å²) in [4.78, 5) is 37.4. The van der Waals surface area contributed by atoms with Crippen molar-refractivity contribution in [3.05, 3.63) is 36.2 Å². The quantitative estimate of drug-likeness (QED) is 0.440. The molecule has 2 bridgehead atoms. The van der Waals surface area contributed by atoms with Crippen LogP contribution in [0.1, 0.15) is 23.8 Å². The molecule has 2 aliphatic rings. The Bertz CT molecular complexity index is 1130. The zero-order valence-corrected chi connectivity index (χ0v) is 19.2. The van der Waals surface area contributed by atoms with Crippen molar-refractivity contribution in [2.75, 3.05) is 41.4 Å². The van der Waals surface area contributed by atoms with E-state index in [1.54, 1.807) is 6.07 Å². The largest absolute Gasteiger partial charge is 0.491 e. The van der Waals surface area contributed by atoms with Gasteiger partial charge in [-0.1, -0.05) is 0 Å². The summed E-state index contributed by atoms with van der Waals surface area (Å²) in [7, 11) is 0. The number of nitrogens with one attached hydrogen (secondary N) is 2. The van der Waals surface area contributed by atoms with Gasteiger partial charge >= 0.3 is 12.2 Å². The number of urea groups is 1. The Labute approximate surface area is 203 Å². The molecule has 4 N–H and O–H groups in total. The van der Waals surface area contributed by atoms with E-state index in [2.05, 4.69) is 15.3 Å². The fraction of sp³-hybridized carbons (Fsp3) is 0.455. The van der Waals surface area contributed by atoms with Crippen LogP contribution >= 0.6 is 0 Å². The number of aliphatic hydroxyl groups is 2. The topological polar surface area (TPSA) is 140 Å². The molecule has 3 amide bonds. The van der Waals surface area contributed by atoms with E-state index in [1.165, 1.54) is 29.3 Å². The van der Waals surface area contributed by atoms with Gasteiger partial charge in [0.05, 0.1) is 18.3 Å². The summed E-state index contributed by atoms with van der Waals surface area (Å²) in [5, 5.41) is 22.9. The van der Waals surface area contributed by atoms with Gasteiger partial charge in [0.15, 0.2) is 5.82 Å². The smallest absolute Gasteiger partial charge is 0.408 e. The predicted octanol–water partition coefficient (Wildman–Crippen LogP) is 1.52. The molecule has 2 aromatic rings. The highest BCUT2D eigenvalue weighted by Crippen LogP contribution is 2.39. The molecule has 1 saturated heterocycles. The lowest BCUT2D eigenvalue weighted by Gasteiger charge is -2.35. The Morgan fingerprint density at radius 2 is 2.08 bits per heavy atom. The van der Waals surface area contributed by atoms with Crippen LogP contribution in [-0.2, 0) is 0 Å². The van der Waals surface area contributed by atoms with E-state index >= 15 is 0 Å². The van der Waals surface area contributed by atoms with Gasteiger partial charge in [0.1, 0.15) is 36.0 Å². The van der Waals surface area contributed by atoms with Crippen LogP contribution in [0, 0.1) is 0 Å². The fourth-order valence-corrected chi connectivity index (χ4v) is 3.93. The van der Waals surface area contributed by atoms with Gasteiger partial charge < -0.3 is 25.2 Å². The molecule has 3 atom stereocenters. The second-order valence-electron chi connectivity index (χ2n) is 8.49. The number of amides is 3. The second kappa shape index (κ2) is 10.1. The van der Waals surface area contributed by atoms with Crippen LogP contribution in [0.25, 0.3) is 0 Å². The number of anilines is 3. The van der Waals surface area contributed by atoms with E-state index in [4.69, 9.17) is 9.84 Å². The number of alkyl halides is 3. The van der Waals surface area contributed by atoms with E-state index in [-0.39, 0.29) is 30.0 Å². The minimum Gasteiger partial charge on any atom is -0.491 e. The Morgan fingerprint density at radius 1 is 1.31 bits per heavy atom. The van der Waals surface area contributed by atoms with Gasteiger partial charge in [0, 0.05) is 25.4 Å². The summed E-state index contributed by atoms with van der Waals surface area (Å²) < 4.78 is 44.0. The van der Waals surface area contributed by atoms with Crippen LogP contribution in [-0.4, -0.2) is 82.8 Å². The average molecular weight is 510 g/mol. The monoisotopic (exact) mass is 510 g/mol. The normalized spacial score (nSPS) is 18.3. The fourth-order valence-electron chi connectivity index (χ4n) is 3.93. The van der Waals surface area contributed by atoms with E-state index in [0.29, 0.717) is 30.9 Å². The molecule has 0 spiro atoms. The third kappa shape index (κ3) is 5.44. The number of fused-ring (bicyclic) bond motifs is 4. The average Bonchev–Trinajstić information content (AvgIpc) is 3.25. The molecule has 36 heavy (non-hydrogen) atoms. The maximum absolute atomic E-state index is 13.3. The van der Waals surface area contributed by atoms with Crippen molar-refractivity contribution >= 4 is 29.3 Å². The lowest BCUT2D eigenvalue weighted by atomic mass is 10.1. The molecule has 2 aromatic heterocycles. The molecule has 4 heterocycles. The lowest BCUT2D eigenvalue weighted by Crippen LogP contribution is -2.49. The number of aromatic nitrogens is 2. The number of aliphatic hydroxyl groups excluding tert-OH is 2. The van der Waals surface area contributed by atoms with Crippen LogP contribution in [0.5, 0.6) is 5.75 Å². The van der Waals surface area contributed by atoms with Crippen LogP contribution in [0.4, 0.5) is 35.3 Å². The minimum atomic E-state index is -4.61. The summed E-state index contributed by atoms with van der Waals surface area (Å²) in [6.45, 7) is 1.39. The third-order valence-corrected chi connectivity index (χ3v) is 5.86. The molecular weight excluding hydrogens is 485 g/mol. The number of nitrogens with zero attached hydrogens (tertiary/aromatic N) is 4. The summed E-state index contributed by atoms with van der Waals surface area (Å²) in [6.07, 6.45) is -3.66. The molecule has 0 radical (unpaired) electrons. The third-order valence-electron chi connectivity index (χ3n) is 5.86. The van der Waals surface area contributed by atoms with Crippen molar-refractivity contribution in [3.8, 4) is 5.75 Å². The number of pyridine rings is 2. The summed E-state index contributed by atoms with van der Waals surface area (Å²) in [6, 6.07) is 2.92. The standard InChI is InChI=1S/C22H25F3N6O5/c1-12(22(23,24)25)27-20(34)16-2-3-17-19(28-16)31(13-5-7-30(17)9-13)21(35)29-18-8-15(4-6-26-18)36-11-14(33)10-32/h2-4,6,8,12-14,32-33H,5,7,9-11H2,1H3,(H,27,34)(H,26,29,35)/t12-,13?,14-/m1/s1. The highest BCUT2D eigenvalue weighted by Gasteiger charge is 2.41. The Morgan fingerprint density at radius 3 is 2.81 bits per heavy atom. The molecule has 4 rings (SSSR count). The van der Waals surface area contributed by atoms with Crippen molar-refractivity contribution in [2.45, 2.75) is 37.7 Å². The van der Waals surface area contributed by atoms with E-state index < -0.39 is 36.9 Å². The lowest BCUT2D eigenvalue weighted by molar-refractivity contribution is -0.149. The molecule has 0 aromatic carbocycles. The van der Waals surface area contributed by atoms with Crippen molar-refractivity contribution in [3.63, 3.8) is 0 Å². The number of carbonyl (C=O) groups excluding carboxylic acids is 2. The molecule has 2 aliphatic heterocycles. The first-order valence-corrected chi connectivity index (χ1v) is 11.2. The Balaban J connectivity index is 1.55. The van der Waals surface area contributed by atoms with Gasteiger partial charge in [-0.3, -0.25) is 15.0 Å². The molecule has 1 unspecified atom stereocenters. The first-order chi connectivity index (χ1) is 17.1. The molecule has 0 aliphatic carbocycles. The van der Waals surface area contributed by atoms with Crippen LogP contribution in [0.15, 0.2) is 30.5 Å². The first-order valence-electron chi connectivity index (χ1n) is 11.2. The second-order valence-corrected chi connectivity index (χ2v) is 8.49. The number of hydrogen-bond acceptors (Lipinski definition) is 8. The number of ether oxygens (including phenoxy) is 1. The van der Waals surface area contributed by atoms with Crippen molar-refractivity contribution in [1.82, 2.24) is 15.3 Å². The van der Waals surface area contributed by atoms with Crippen LogP contribution < -0.4 is 25.2 Å². The zero-order valence-electron chi connectivity index (χ0n) is 19.2. The highest BCUT2D eigenvalue weighted by atomic mass is 19.4. The minimum absolute atomic E-state index is 0.144. The Hall–Kier alpha value is -3.65. The van der Waals surface area contributed by atoms with E-state index in [0.717, 1.165) is 6.92 Å². The summed E-state index contributed by atoms with van der Waals surface area (Å²) in [5.41, 5.74) is 0.337. The van der Waals surface area contributed by atoms with Crippen molar-refractivity contribution in [2.24, 2.45) is 0 Å². The van der Waals surface area contributed by atoms with Gasteiger partial charge in [-0.2, -0.15) is 13.2 Å². The van der Waals surface area contributed by atoms with Crippen LogP contribution in [0.2, 0.25) is 0 Å². The van der Waals surface area contributed by atoms with Crippen LogP contribution in [0.3, 0.4) is 0 Å². The molecule has 14 heteroatoms. The van der Waals surface area contributed by atoms with Gasteiger partial charge in [-0.15, -0.1) is 0 Å². The SMILES string of the molecule is C[C@@H](NC(=O)c1ccc2c(n1)N(C(=O)Nc1cc(OC[C@H](O)CO)ccn1)C1CCN2C1)C(F)(F)F. The predicted molar refractivity (Wildman–Crippen MR) is 122 cm³/mol. The van der Waals surface area contributed by atoms with Crippen molar-refractivity contribution < 1.29 is 37.7 Å². The van der Waals surface area contributed by atoms with Crippen molar-refractivity contribution in [1.29, 1.82) is 0 Å². The number of hydrogen-bond donors (Lipinski definition) is 4. The maximum atomic E-state index is 13.3. The summed E-state index contributed by atoms with van der Waals surface area (Å²) in [5.74, 6) is -0.403. The van der Waals surface area contributed by atoms with E-state index in [1.807, 2.05) is 10.2 Å². The van der Waals surface area contributed by atoms with Gasteiger partial charge in [0.25, 0.3) is 5.91 Å². The molecule has 0 saturated carbocycles. The Kier molecular flexibility index (Phi) is 7.17. The van der Waals surface area contributed by atoms with Gasteiger partial charge in [-0.05, 0) is 31.5 Å². The molecule has 11 nitrogen and oxygen atoms in total. The molecule has 194 valence electrons. The zero-order chi connectivity index (χ0) is 26.0. The number of rotatable bonds is 7. The number of halogens is 3. The highest BCUT2D eigenvalue weighted by molar-refractivity contribution is 6.05. The van der Waals surface area contributed by atoms with Gasteiger partial charge in [0.2, 0.25) is 0 Å². The molecular formula is C22H25F3N6O5. The first kappa shape index (κ1) is 25.4. The number of carbonyl (C=O) groups is 2. The summed E-state index contributed by atoms with van der Waals surface area (Å²) >= 11 is 0. The maximum Gasteiger partial charge on any atom is 0.408 e. The van der Waals surface area contributed by atoms with E-state index in [9.17, 15) is 27.9 Å². The molecule has 1 fully saturated rings. The van der Waals surface area contributed by atoms with Gasteiger partial charge in [-0.25, -0.2) is 14.8 Å².